The molecule has 1 aromatic rings. The number of hydrogen-bond donors (Lipinski definition) is 1. The summed E-state index contributed by atoms with van der Waals surface area (Å²) in [5.41, 5.74) is 2.42. The van der Waals surface area contributed by atoms with E-state index >= 15 is 0 Å². The number of amides is 1. The van der Waals surface area contributed by atoms with Crippen LogP contribution in [0, 0.1) is 6.92 Å². The maximum absolute atomic E-state index is 11.9. The lowest BCUT2D eigenvalue weighted by atomic mass is 10.1. The van der Waals surface area contributed by atoms with Crippen LogP contribution in [0.1, 0.15) is 30.4 Å². The van der Waals surface area contributed by atoms with Gasteiger partial charge in [0.15, 0.2) is 0 Å². The number of nitrogens with one attached hydrogen (secondary N) is 1. The number of aryl methyl sites for hydroxylation is 1. The summed E-state index contributed by atoms with van der Waals surface area (Å²) in [5, 5.41) is 3.20. The van der Waals surface area contributed by atoms with E-state index in [9.17, 15) is 4.79 Å². The predicted octanol–water partition coefficient (Wildman–Crippen LogP) is 2.90. The van der Waals surface area contributed by atoms with Crippen LogP contribution in [0.3, 0.4) is 0 Å². The summed E-state index contributed by atoms with van der Waals surface area (Å²) in [6.07, 6.45) is 3.48. The fraction of sp³-hybridized carbons (Fsp3) is 0.500. The Bertz CT molecular complexity index is 368. The first-order chi connectivity index (χ1) is 8.25. The quantitative estimate of drug-likeness (QED) is 0.892. The lowest BCUT2D eigenvalue weighted by Gasteiger charge is -2.20. The van der Waals surface area contributed by atoms with Gasteiger partial charge < -0.3 is 5.32 Å². The average molecular weight is 249 g/mol. The molecule has 92 valence electrons. The summed E-state index contributed by atoms with van der Waals surface area (Å²) in [6, 6.07) is 8.31. The van der Waals surface area contributed by atoms with Gasteiger partial charge in [0.05, 0.1) is 5.25 Å². The monoisotopic (exact) mass is 249 g/mol. The number of thioether (sulfide) groups is 1. The van der Waals surface area contributed by atoms with Crippen LogP contribution in [0.15, 0.2) is 24.3 Å². The molecule has 1 fully saturated rings. The maximum Gasteiger partial charge on any atom is 0.233 e. The Balaban J connectivity index is 1.81. The van der Waals surface area contributed by atoms with Crippen LogP contribution in [0.4, 0.5) is 0 Å². The standard InChI is InChI=1S/C14H19NOS/c1-11-5-7-12(8-6-11)10-15-14(16)13-4-2-3-9-17-13/h5-8,13H,2-4,9-10H2,1H3,(H,15,16). The zero-order valence-electron chi connectivity index (χ0n) is 10.2. The van der Waals surface area contributed by atoms with E-state index in [1.54, 1.807) is 11.8 Å². The van der Waals surface area contributed by atoms with Gasteiger partial charge in [0.1, 0.15) is 0 Å². The van der Waals surface area contributed by atoms with E-state index in [1.165, 1.54) is 24.0 Å². The second-order valence-electron chi connectivity index (χ2n) is 4.56. The van der Waals surface area contributed by atoms with Crippen molar-refractivity contribution in [3.8, 4) is 0 Å². The zero-order valence-corrected chi connectivity index (χ0v) is 11.1. The van der Waals surface area contributed by atoms with Crippen molar-refractivity contribution < 1.29 is 4.79 Å². The normalized spacial score (nSPS) is 19.9. The van der Waals surface area contributed by atoms with Gasteiger partial charge in [0.25, 0.3) is 0 Å². The fourth-order valence-electron chi connectivity index (χ4n) is 1.96. The van der Waals surface area contributed by atoms with Crippen molar-refractivity contribution in [2.45, 2.75) is 38.0 Å². The van der Waals surface area contributed by atoms with Gasteiger partial charge in [0.2, 0.25) is 5.91 Å². The van der Waals surface area contributed by atoms with Crippen LogP contribution in [-0.2, 0) is 11.3 Å². The van der Waals surface area contributed by atoms with E-state index in [2.05, 4.69) is 36.5 Å². The Hall–Kier alpha value is -0.960. The van der Waals surface area contributed by atoms with Gasteiger partial charge in [-0.15, -0.1) is 11.8 Å². The molecule has 1 aliphatic rings. The lowest BCUT2D eigenvalue weighted by molar-refractivity contribution is -0.120. The first-order valence-corrected chi connectivity index (χ1v) is 7.25. The summed E-state index contributed by atoms with van der Waals surface area (Å²) >= 11 is 1.80. The number of hydrogen-bond acceptors (Lipinski definition) is 2. The highest BCUT2D eigenvalue weighted by Gasteiger charge is 2.20. The van der Waals surface area contributed by atoms with Gasteiger partial charge in [-0.05, 0) is 31.1 Å². The molecule has 0 spiro atoms. The molecular weight excluding hydrogens is 230 g/mol. The molecule has 1 heterocycles. The van der Waals surface area contributed by atoms with Gasteiger partial charge in [-0.25, -0.2) is 0 Å². The van der Waals surface area contributed by atoms with E-state index in [-0.39, 0.29) is 11.2 Å². The first-order valence-electron chi connectivity index (χ1n) is 6.20. The smallest absolute Gasteiger partial charge is 0.233 e. The predicted molar refractivity (Wildman–Crippen MR) is 73.1 cm³/mol. The van der Waals surface area contributed by atoms with Gasteiger partial charge >= 0.3 is 0 Å². The van der Waals surface area contributed by atoms with Crippen molar-refractivity contribution in [2.24, 2.45) is 0 Å². The molecular formula is C14H19NOS. The summed E-state index contributed by atoms with van der Waals surface area (Å²) in [4.78, 5) is 11.9. The lowest BCUT2D eigenvalue weighted by Crippen LogP contribution is -2.33. The largest absolute Gasteiger partial charge is 0.351 e. The van der Waals surface area contributed by atoms with Crippen molar-refractivity contribution in [1.82, 2.24) is 5.32 Å². The summed E-state index contributed by atoms with van der Waals surface area (Å²) in [6.45, 7) is 2.72. The van der Waals surface area contributed by atoms with Crippen LogP contribution >= 0.6 is 11.8 Å². The van der Waals surface area contributed by atoms with Gasteiger partial charge in [-0.2, -0.15) is 0 Å². The Morgan fingerprint density at radius 1 is 1.35 bits per heavy atom. The van der Waals surface area contributed by atoms with Crippen molar-refractivity contribution in [3.05, 3.63) is 35.4 Å². The summed E-state index contributed by atoms with van der Waals surface area (Å²) in [7, 11) is 0. The molecule has 1 amide bonds. The fourth-order valence-corrected chi connectivity index (χ4v) is 3.18. The Morgan fingerprint density at radius 3 is 2.76 bits per heavy atom. The van der Waals surface area contributed by atoms with Crippen LogP contribution in [0.25, 0.3) is 0 Å². The summed E-state index contributed by atoms with van der Waals surface area (Å²) < 4.78 is 0. The van der Waals surface area contributed by atoms with E-state index in [4.69, 9.17) is 0 Å². The highest BCUT2D eigenvalue weighted by molar-refractivity contribution is 8.00. The molecule has 17 heavy (non-hydrogen) atoms. The Kier molecular flexibility index (Phi) is 4.49. The Morgan fingerprint density at radius 2 is 2.12 bits per heavy atom. The van der Waals surface area contributed by atoms with Crippen LogP contribution < -0.4 is 5.32 Å². The minimum Gasteiger partial charge on any atom is -0.351 e. The van der Waals surface area contributed by atoms with Crippen molar-refractivity contribution in [1.29, 1.82) is 0 Å². The second-order valence-corrected chi connectivity index (χ2v) is 5.87. The SMILES string of the molecule is Cc1ccc(CNC(=O)C2CCCCS2)cc1. The average Bonchev–Trinajstić information content (AvgIpc) is 2.39. The molecule has 2 rings (SSSR count). The van der Waals surface area contributed by atoms with E-state index < -0.39 is 0 Å². The van der Waals surface area contributed by atoms with Crippen molar-refractivity contribution in [2.75, 3.05) is 5.75 Å². The molecule has 0 aliphatic carbocycles. The molecule has 0 bridgehead atoms. The summed E-state index contributed by atoms with van der Waals surface area (Å²) in [5.74, 6) is 1.33. The molecule has 1 saturated heterocycles. The third-order valence-electron chi connectivity index (χ3n) is 3.06. The van der Waals surface area contributed by atoms with E-state index in [0.717, 1.165) is 12.2 Å². The van der Waals surface area contributed by atoms with Crippen LogP contribution in [-0.4, -0.2) is 16.9 Å². The van der Waals surface area contributed by atoms with Crippen molar-refractivity contribution in [3.63, 3.8) is 0 Å². The van der Waals surface area contributed by atoms with Gasteiger partial charge in [-0.1, -0.05) is 36.2 Å². The van der Waals surface area contributed by atoms with Gasteiger partial charge in [-0.3, -0.25) is 4.79 Å². The molecule has 2 nitrogen and oxygen atoms in total. The highest BCUT2D eigenvalue weighted by Crippen LogP contribution is 2.25. The molecule has 3 heteroatoms. The third kappa shape index (κ3) is 3.77. The minimum atomic E-state index is 0.175. The molecule has 0 radical (unpaired) electrons. The number of carbonyl (C=O) groups excluding carboxylic acids is 1. The van der Waals surface area contributed by atoms with Crippen LogP contribution in [0.5, 0.6) is 0 Å². The molecule has 1 aromatic carbocycles. The molecule has 0 aromatic heterocycles. The maximum atomic E-state index is 11.9. The molecule has 1 atom stereocenters. The molecule has 0 saturated carbocycles. The number of rotatable bonds is 3. The first kappa shape index (κ1) is 12.5. The van der Waals surface area contributed by atoms with Gasteiger partial charge in [0, 0.05) is 6.54 Å². The molecule has 1 N–H and O–H groups in total. The highest BCUT2D eigenvalue weighted by atomic mass is 32.2. The third-order valence-corrected chi connectivity index (χ3v) is 4.44. The van der Waals surface area contributed by atoms with E-state index in [0.29, 0.717) is 6.54 Å². The topological polar surface area (TPSA) is 29.1 Å². The zero-order chi connectivity index (χ0) is 12.1. The minimum absolute atomic E-state index is 0.175. The number of carbonyl (C=O) groups is 1. The van der Waals surface area contributed by atoms with E-state index in [1.807, 2.05) is 0 Å². The molecule has 1 unspecified atom stereocenters. The molecule has 1 aliphatic heterocycles. The van der Waals surface area contributed by atoms with Crippen LogP contribution in [0.2, 0.25) is 0 Å². The van der Waals surface area contributed by atoms with Crippen molar-refractivity contribution >= 4 is 17.7 Å². The number of benzene rings is 1. The Labute approximate surface area is 107 Å². The second kappa shape index (κ2) is 6.10.